The molecule has 0 spiro atoms. The van der Waals surface area contributed by atoms with E-state index in [4.69, 9.17) is 9.47 Å². The highest BCUT2D eigenvalue weighted by atomic mass is 16.5. The molecule has 0 N–H and O–H groups in total. The first-order chi connectivity index (χ1) is 9.35. The maximum atomic E-state index is 5.56. The second-order valence-electron chi connectivity index (χ2n) is 3.90. The molecule has 0 aromatic heterocycles. The van der Waals surface area contributed by atoms with Gasteiger partial charge < -0.3 is 9.47 Å². The Morgan fingerprint density at radius 1 is 1.00 bits per heavy atom. The van der Waals surface area contributed by atoms with Gasteiger partial charge in [0.25, 0.3) is 0 Å². The molecule has 3 heteroatoms. The van der Waals surface area contributed by atoms with Crippen molar-refractivity contribution in [2.75, 3.05) is 13.7 Å². The molecule has 0 heterocycles. The van der Waals surface area contributed by atoms with E-state index in [1.54, 1.807) is 13.3 Å². The van der Waals surface area contributed by atoms with E-state index in [2.05, 4.69) is 4.99 Å². The van der Waals surface area contributed by atoms with Crippen LogP contribution in [0.4, 0.5) is 5.69 Å². The van der Waals surface area contributed by atoms with Crippen molar-refractivity contribution in [2.45, 2.75) is 6.92 Å². The monoisotopic (exact) mass is 255 g/mol. The van der Waals surface area contributed by atoms with Crippen molar-refractivity contribution in [1.82, 2.24) is 0 Å². The first kappa shape index (κ1) is 13.1. The molecule has 0 atom stereocenters. The second-order valence-corrected chi connectivity index (χ2v) is 3.90. The predicted octanol–water partition coefficient (Wildman–Crippen LogP) is 3.84. The van der Waals surface area contributed by atoms with Gasteiger partial charge in [0.15, 0.2) is 0 Å². The van der Waals surface area contributed by atoms with E-state index in [9.17, 15) is 0 Å². The lowest BCUT2D eigenvalue weighted by molar-refractivity contribution is 0.340. The number of para-hydroxylation sites is 3. The molecule has 19 heavy (non-hydrogen) atoms. The van der Waals surface area contributed by atoms with E-state index >= 15 is 0 Å². The molecule has 0 saturated heterocycles. The summed E-state index contributed by atoms with van der Waals surface area (Å²) >= 11 is 0. The number of aliphatic imine (C=N–C) groups is 1. The van der Waals surface area contributed by atoms with Crippen LogP contribution in [-0.4, -0.2) is 19.9 Å². The van der Waals surface area contributed by atoms with Crippen LogP contribution in [0, 0.1) is 0 Å². The van der Waals surface area contributed by atoms with Crippen LogP contribution in [0.15, 0.2) is 53.5 Å². The molecule has 0 aliphatic rings. The first-order valence-corrected chi connectivity index (χ1v) is 6.24. The van der Waals surface area contributed by atoms with Crippen LogP contribution in [0.2, 0.25) is 0 Å². The van der Waals surface area contributed by atoms with Crippen molar-refractivity contribution in [1.29, 1.82) is 0 Å². The van der Waals surface area contributed by atoms with E-state index in [0.29, 0.717) is 6.61 Å². The number of ether oxygens (including phenoxy) is 2. The Kier molecular flexibility index (Phi) is 4.56. The van der Waals surface area contributed by atoms with E-state index in [-0.39, 0.29) is 0 Å². The molecular weight excluding hydrogens is 238 g/mol. The third-order valence-electron chi connectivity index (χ3n) is 2.65. The van der Waals surface area contributed by atoms with Crippen molar-refractivity contribution >= 4 is 11.9 Å². The highest BCUT2D eigenvalue weighted by molar-refractivity contribution is 5.86. The predicted molar refractivity (Wildman–Crippen MR) is 77.9 cm³/mol. The average molecular weight is 255 g/mol. The molecule has 2 aromatic rings. The lowest BCUT2D eigenvalue weighted by atomic mass is 10.2. The third kappa shape index (κ3) is 3.35. The molecule has 0 fully saturated rings. The summed E-state index contributed by atoms with van der Waals surface area (Å²) in [6, 6.07) is 15.5. The SMILES string of the molecule is CCOc1ccccc1/C=N/c1ccccc1OC. The van der Waals surface area contributed by atoms with Crippen LogP contribution in [0.1, 0.15) is 12.5 Å². The minimum Gasteiger partial charge on any atom is -0.494 e. The normalized spacial score (nSPS) is 10.6. The molecule has 0 aliphatic carbocycles. The summed E-state index contributed by atoms with van der Waals surface area (Å²) in [4.78, 5) is 4.46. The Bertz CT molecular complexity index is 564. The van der Waals surface area contributed by atoms with Gasteiger partial charge in [-0.1, -0.05) is 24.3 Å². The van der Waals surface area contributed by atoms with Crippen LogP contribution < -0.4 is 9.47 Å². The van der Waals surface area contributed by atoms with E-state index in [0.717, 1.165) is 22.7 Å². The number of hydrogen-bond acceptors (Lipinski definition) is 3. The Labute approximate surface area is 113 Å². The third-order valence-corrected chi connectivity index (χ3v) is 2.65. The van der Waals surface area contributed by atoms with Gasteiger partial charge in [-0.15, -0.1) is 0 Å². The number of nitrogens with zero attached hydrogens (tertiary/aromatic N) is 1. The Morgan fingerprint density at radius 3 is 2.42 bits per heavy atom. The molecule has 0 radical (unpaired) electrons. The Balaban J connectivity index is 2.27. The molecular formula is C16H17NO2. The van der Waals surface area contributed by atoms with Gasteiger partial charge in [-0.25, -0.2) is 0 Å². The van der Waals surface area contributed by atoms with Gasteiger partial charge in [-0.2, -0.15) is 0 Å². The summed E-state index contributed by atoms with van der Waals surface area (Å²) in [6.07, 6.45) is 1.79. The molecule has 2 aromatic carbocycles. The van der Waals surface area contributed by atoms with Crippen LogP contribution in [-0.2, 0) is 0 Å². The van der Waals surface area contributed by atoms with E-state index < -0.39 is 0 Å². The molecule has 2 rings (SSSR count). The van der Waals surface area contributed by atoms with Gasteiger partial charge in [-0.05, 0) is 31.2 Å². The topological polar surface area (TPSA) is 30.8 Å². The molecule has 0 aliphatic heterocycles. The highest BCUT2D eigenvalue weighted by Gasteiger charge is 2.01. The van der Waals surface area contributed by atoms with Crippen LogP contribution in [0.3, 0.4) is 0 Å². The van der Waals surface area contributed by atoms with Crippen molar-refractivity contribution in [2.24, 2.45) is 4.99 Å². The molecule has 0 bridgehead atoms. The fourth-order valence-corrected chi connectivity index (χ4v) is 1.75. The summed E-state index contributed by atoms with van der Waals surface area (Å²) in [7, 11) is 1.64. The summed E-state index contributed by atoms with van der Waals surface area (Å²) in [6.45, 7) is 2.60. The number of rotatable bonds is 5. The number of hydrogen-bond donors (Lipinski definition) is 0. The fraction of sp³-hybridized carbons (Fsp3) is 0.188. The highest BCUT2D eigenvalue weighted by Crippen LogP contribution is 2.26. The summed E-state index contributed by atoms with van der Waals surface area (Å²) in [5.41, 5.74) is 1.76. The van der Waals surface area contributed by atoms with Gasteiger partial charge in [0.2, 0.25) is 0 Å². The van der Waals surface area contributed by atoms with Crippen molar-refractivity contribution in [3.05, 3.63) is 54.1 Å². The summed E-state index contributed by atoms with van der Waals surface area (Å²) < 4.78 is 10.8. The van der Waals surface area contributed by atoms with Gasteiger partial charge in [0, 0.05) is 11.8 Å². The quantitative estimate of drug-likeness (QED) is 0.760. The Hall–Kier alpha value is -2.29. The largest absolute Gasteiger partial charge is 0.494 e. The zero-order valence-electron chi connectivity index (χ0n) is 11.2. The number of benzene rings is 2. The van der Waals surface area contributed by atoms with Crippen molar-refractivity contribution in [3.63, 3.8) is 0 Å². The van der Waals surface area contributed by atoms with Gasteiger partial charge >= 0.3 is 0 Å². The molecule has 0 saturated carbocycles. The lowest BCUT2D eigenvalue weighted by Gasteiger charge is -2.06. The maximum absolute atomic E-state index is 5.56. The van der Waals surface area contributed by atoms with E-state index in [1.165, 1.54) is 0 Å². The number of methoxy groups -OCH3 is 1. The van der Waals surface area contributed by atoms with E-state index in [1.807, 2.05) is 55.5 Å². The standard InChI is InChI=1S/C16H17NO2/c1-3-19-15-10-6-4-8-13(15)12-17-14-9-5-7-11-16(14)18-2/h4-12H,3H2,1-2H3/b17-12+. The zero-order chi connectivity index (χ0) is 13.5. The smallest absolute Gasteiger partial charge is 0.144 e. The van der Waals surface area contributed by atoms with Gasteiger partial charge in [0.05, 0.1) is 13.7 Å². The second kappa shape index (κ2) is 6.59. The van der Waals surface area contributed by atoms with Crippen molar-refractivity contribution in [3.8, 4) is 11.5 Å². The van der Waals surface area contributed by atoms with Crippen molar-refractivity contribution < 1.29 is 9.47 Å². The molecule has 0 amide bonds. The average Bonchev–Trinajstić information content (AvgIpc) is 2.47. The molecule has 0 unspecified atom stereocenters. The van der Waals surface area contributed by atoms with Crippen LogP contribution in [0.25, 0.3) is 0 Å². The Morgan fingerprint density at radius 2 is 1.68 bits per heavy atom. The summed E-state index contributed by atoms with van der Waals surface area (Å²) in [5.74, 6) is 1.59. The van der Waals surface area contributed by atoms with Gasteiger partial charge in [-0.3, -0.25) is 4.99 Å². The molecule has 3 nitrogen and oxygen atoms in total. The fourth-order valence-electron chi connectivity index (χ4n) is 1.75. The minimum absolute atomic E-state index is 0.638. The zero-order valence-corrected chi connectivity index (χ0v) is 11.2. The van der Waals surface area contributed by atoms with Crippen LogP contribution >= 0.6 is 0 Å². The van der Waals surface area contributed by atoms with Gasteiger partial charge in [0.1, 0.15) is 17.2 Å². The first-order valence-electron chi connectivity index (χ1n) is 6.24. The lowest BCUT2D eigenvalue weighted by Crippen LogP contribution is -1.95. The molecule has 98 valence electrons. The maximum Gasteiger partial charge on any atom is 0.144 e. The minimum atomic E-state index is 0.638. The van der Waals surface area contributed by atoms with Crippen LogP contribution in [0.5, 0.6) is 11.5 Å². The summed E-state index contributed by atoms with van der Waals surface area (Å²) in [5, 5.41) is 0.